The van der Waals surface area contributed by atoms with Gasteiger partial charge in [0.15, 0.2) is 0 Å². The first kappa shape index (κ1) is 10.5. The molecule has 0 radical (unpaired) electrons. The maximum Gasteiger partial charge on any atom is 0.245 e. The number of nitrogens with two attached hydrogens (primary N) is 1. The summed E-state index contributed by atoms with van der Waals surface area (Å²) in [6.07, 6.45) is 4.23. The Kier molecular flexibility index (Phi) is 4.18. The fourth-order valence-electron chi connectivity index (χ4n) is 1.52. The maximum atomic E-state index is 10.9. The van der Waals surface area contributed by atoms with Gasteiger partial charge in [0.25, 0.3) is 0 Å². The highest BCUT2D eigenvalue weighted by Gasteiger charge is 2.19. The molecule has 4 nitrogen and oxygen atoms in total. The van der Waals surface area contributed by atoms with Crippen LogP contribution < -0.4 is 11.1 Å². The van der Waals surface area contributed by atoms with Crippen LogP contribution in [0.5, 0.6) is 0 Å². The molecule has 0 aliphatic heterocycles. The fraction of sp³-hybridized carbons (Fsp3) is 0.889. The molecule has 1 rings (SSSR count). The molecule has 0 unspecified atom stereocenters. The van der Waals surface area contributed by atoms with Gasteiger partial charge >= 0.3 is 0 Å². The summed E-state index contributed by atoms with van der Waals surface area (Å²) in [5, 5.41) is 2.52. The molecule has 0 aromatic rings. The van der Waals surface area contributed by atoms with Crippen LogP contribution in [0.3, 0.4) is 0 Å². The van der Waals surface area contributed by atoms with Crippen LogP contribution in [0.4, 0.5) is 0 Å². The third-order valence-corrected chi connectivity index (χ3v) is 2.45. The standard InChI is InChI=1S/C9H18N2O2/c1-11-9(12)6-13-8-4-2-7(10)3-5-8/h7-8H,2-6,10H2,1H3,(H,11,12). The van der Waals surface area contributed by atoms with Crippen molar-refractivity contribution in [3.8, 4) is 0 Å². The van der Waals surface area contributed by atoms with Crippen LogP contribution in [0.15, 0.2) is 0 Å². The van der Waals surface area contributed by atoms with Gasteiger partial charge in [-0.2, -0.15) is 0 Å². The molecule has 1 amide bonds. The number of carbonyl (C=O) groups excluding carboxylic acids is 1. The number of nitrogens with one attached hydrogen (secondary N) is 1. The van der Waals surface area contributed by atoms with Crippen molar-refractivity contribution in [2.45, 2.75) is 37.8 Å². The summed E-state index contributed by atoms with van der Waals surface area (Å²) in [7, 11) is 1.61. The van der Waals surface area contributed by atoms with Crippen molar-refractivity contribution in [1.29, 1.82) is 0 Å². The zero-order valence-corrected chi connectivity index (χ0v) is 8.08. The van der Waals surface area contributed by atoms with Crippen molar-refractivity contribution in [1.82, 2.24) is 5.32 Å². The average Bonchev–Trinajstić information content (AvgIpc) is 2.16. The highest BCUT2D eigenvalue weighted by molar-refractivity contribution is 5.76. The van der Waals surface area contributed by atoms with Crippen molar-refractivity contribution in [3.05, 3.63) is 0 Å². The Morgan fingerprint density at radius 3 is 2.62 bits per heavy atom. The number of amides is 1. The van der Waals surface area contributed by atoms with Gasteiger partial charge in [-0.05, 0) is 25.7 Å². The van der Waals surface area contributed by atoms with E-state index in [4.69, 9.17) is 10.5 Å². The lowest BCUT2D eigenvalue weighted by Crippen LogP contribution is -2.33. The van der Waals surface area contributed by atoms with Gasteiger partial charge in [0.05, 0.1) is 6.10 Å². The van der Waals surface area contributed by atoms with E-state index in [2.05, 4.69) is 5.32 Å². The summed E-state index contributed by atoms with van der Waals surface area (Å²) in [5.41, 5.74) is 5.74. The number of carbonyl (C=O) groups is 1. The molecule has 0 atom stereocenters. The van der Waals surface area contributed by atoms with E-state index in [0.29, 0.717) is 6.04 Å². The highest BCUT2D eigenvalue weighted by atomic mass is 16.5. The Morgan fingerprint density at radius 1 is 1.46 bits per heavy atom. The zero-order chi connectivity index (χ0) is 9.68. The number of likely N-dealkylation sites (N-methyl/N-ethyl adjacent to an activating group) is 1. The molecule has 4 heteroatoms. The quantitative estimate of drug-likeness (QED) is 0.653. The van der Waals surface area contributed by atoms with Crippen LogP contribution in [-0.4, -0.2) is 31.7 Å². The number of rotatable bonds is 3. The molecule has 1 aliphatic rings. The number of hydrogen-bond acceptors (Lipinski definition) is 3. The lowest BCUT2D eigenvalue weighted by molar-refractivity contribution is -0.127. The van der Waals surface area contributed by atoms with Crippen LogP contribution >= 0.6 is 0 Å². The van der Waals surface area contributed by atoms with Gasteiger partial charge in [0.2, 0.25) is 5.91 Å². The van der Waals surface area contributed by atoms with E-state index in [1.165, 1.54) is 0 Å². The Bertz CT molecular complexity index is 165. The minimum Gasteiger partial charge on any atom is -0.368 e. The molecule has 1 saturated carbocycles. The molecule has 1 fully saturated rings. The summed E-state index contributed by atoms with van der Waals surface area (Å²) in [6.45, 7) is 0.177. The highest BCUT2D eigenvalue weighted by Crippen LogP contribution is 2.19. The SMILES string of the molecule is CNC(=O)COC1CCC(N)CC1. The van der Waals surface area contributed by atoms with Crippen LogP contribution in [-0.2, 0) is 9.53 Å². The van der Waals surface area contributed by atoms with Crippen molar-refractivity contribution in [3.63, 3.8) is 0 Å². The van der Waals surface area contributed by atoms with Crippen molar-refractivity contribution < 1.29 is 9.53 Å². The van der Waals surface area contributed by atoms with Gasteiger partial charge in [-0.1, -0.05) is 0 Å². The molecule has 1 aliphatic carbocycles. The second-order valence-electron chi connectivity index (χ2n) is 3.52. The molecule has 76 valence electrons. The molecule has 3 N–H and O–H groups in total. The molecule has 0 aromatic heterocycles. The predicted octanol–water partition coefficient (Wildman–Crippen LogP) is 0.0189. The van der Waals surface area contributed by atoms with Crippen molar-refractivity contribution in [2.75, 3.05) is 13.7 Å². The molecule has 0 saturated heterocycles. The van der Waals surface area contributed by atoms with Crippen LogP contribution in [0.1, 0.15) is 25.7 Å². The molecule has 0 spiro atoms. The van der Waals surface area contributed by atoms with Gasteiger partial charge in [0, 0.05) is 13.1 Å². The third-order valence-electron chi connectivity index (χ3n) is 2.45. The fourth-order valence-corrected chi connectivity index (χ4v) is 1.52. The van der Waals surface area contributed by atoms with Crippen molar-refractivity contribution >= 4 is 5.91 Å². The van der Waals surface area contributed by atoms with Crippen LogP contribution in [0, 0.1) is 0 Å². The Morgan fingerprint density at radius 2 is 2.08 bits per heavy atom. The van der Waals surface area contributed by atoms with E-state index in [0.717, 1.165) is 25.7 Å². The molecular formula is C9H18N2O2. The summed E-state index contributed by atoms with van der Waals surface area (Å²) >= 11 is 0. The Labute approximate surface area is 78.8 Å². The van der Waals surface area contributed by atoms with Gasteiger partial charge in [-0.3, -0.25) is 4.79 Å². The molecule has 13 heavy (non-hydrogen) atoms. The van der Waals surface area contributed by atoms with Gasteiger partial charge in [-0.15, -0.1) is 0 Å². The van der Waals surface area contributed by atoms with E-state index in [9.17, 15) is 4.79 Å². The summed E-state index contributed by atoms with van der Waals surface area (Å²) in [4.78, 5) is 10.9. The molecular weight excluding hydrogens is 168 g/mol. The van der Waals surface area contributed by atoms with E-state index < -0.39 is 0 Å². The Hall–Kier alpha value is -0.610. The third kappa shape index (κ3) is 3.74. The summed E-state index contributed by atoms with van der Waals surface area (Å²) < 4.78 is 5.42. The smallest absolute Gasteiger partial charge is 0.245 e. The first-order valence-corrected chi connectivity index (χ1v) is 4.80. The predicted molar refractivity (Wildman–Crippen MR) is 50.3 cm³/mol. The summed E-state index contributed by atoms with van der Waals surface area (Å²) in [6, 6.07) is 0.333. The number of hydrogen-bond donors (Lipinski definition) is 2. The van der Waals surface area contributed by atoms with Crippen LogP contribution in [0.2, 0.25) is 0 Å². The first-order chi connectivity index (χ1) is 6.22. The van der Waals surface area contributed by atoms with E-state index in [1.807, 2.05) is 0 Å². The molecule has 0 aromatic carbocycles. The van der Waals surface area contributed by atoms with E-state index >= 15 is 0 Å². The van der Waals surface area contributed by atoms with E-state index in [1.54, 1.807) is 7.05 Å². The minimum absolute atomic E-state index is 0.0603. The lowest BCUT2D eigenvalue weighted by Gasteiger charge is -2.25. The zero-order valence-electron chi connectivity index (χ0n) is 8.08. The van der Waals surface area contributed by atoms with Gasteiger partial charge < -0.3 is 15.8 Å². The normalized spacial score (nSPS) is 28.5. The molecule has 0 heterocycles. The first-order valence-electron chi connectivity index (χ1n) is 4.80. The average molecular weight is 186 g/mol. The van der Waals surface area contributed by atoms with Crippen LogP contribution in [0.25, 0.3) is 0 Å². The summed E-state index contributed by atoms with van der Waals surface area (Å²) in [5.74, 6) is -0.0603. The Balaban J connectivity index is 2.12. The van der Waals surface area contributed by atoms with Crippen molar-refractivity contribution in [2.24, 2.45) is 5.73 Å². The second-order valence-corrected chi connectivity index (χ2v) is 3.52. The monoisotopic (exact) mass is 186 g/mol. The minimum atomic E-state index is -0.0603. The molecule has 0 bridgehead atoms. The number of ether oxygens (including phenoxy) is 1. The lowest BCUT2D eigenvalue weighted by atomic mass is 9.94. The largest absolute Gasteiger partial charge is 0.368 e. The van der Waals surface area contributed by atoms with Gasteiger partial charge in [-0.25, -0.2) is 0 Å². The topological polar surface area (TPSA) is 64.3 Å². The van der Waals surface area contributed by atoms with E-state index in [-0.39, 0.29) is 18.6 Å². The van der Waals surface area contributed by atoms with Gasteiger partial charge in [0.1, 0.15) is 6.61 Å². The second kappa shape index (κ2) is 5.19. The maximum absolute atomic E-state index is 10.9.